The van der Waals surface area contributed by atoms with E-state index in [4.69, 9.17) is 9.47 Å². The van der Waals surface area contributed by atoms with E-state index in [1.807, 2.05) is 35.4 Å². The number of likely N-dealkylation sites (tertiary alicyclic amines) is 1. The Hall–Kier alpha value is -3.41. The highest BCUT2D eigenvalue weighted by Gasteiger charge is 2.29. The molecular formula is C29H34N2O4. The quantitative estimate of drug-likeness (QED) is 0.408. The molecule has 6 heteroatoms. The molecule has 1 aliphatic rings. The minimum Gasteiger partial charge on any atom is -0.481 e. The maximum absolute atomic E-state index is 13.1. The van der Waals surface area contributed by atoms with Crippen LogP contribution < -0.4 is 4.74 Å². The molecule has 2 atom stereocenters. The molecule has 2 heterocycles. The molecule has 1 fully saturated rings. The average Bonchev–Trinajstić information content (AvgIpc) is 2.88. The zero-order valence-electron chi connectivity index (χ0n) is 20.8. The molecule has 0 radical (unpaired) electrons. The Labute approximate surface area is 207 Å². The van der Waals surface area contributed by atoms with Gasteiger partial charge in [-0.3, -0.25) is 14.6 Å². The number of hydrogen-bond donors (Lipinski definition) is 0. The van der Waals surface area contributed by atoms with E-state index in [1.165, 1.54) is 11.1 Å². The summed E-state index contributed by atoms with van der Waals surface area (Å²) in [5.74, 6) is 0.498. The minimum atomic E-state index is -0.627. The lowest BCUT2D eigenvalue weighted by Crippen LogP contribution is -2.46. The van der Waals surface area contributed by atoms with Crippen LogP contribution in [0.3, 0.4) is 0 Å². The fraction of sp³-hybridized carbons (Fsp3) is 0.414. The van der Waals surface area contributed by atoms with Crippen LogP contribution in [0, 0.1) is 5.92 Å². The van der Waals surface area contributed by atoms with E-state index in [0.29, 0.717) is 31.9 Å². The number of nitrogens with zero attached hydrogens (tertiary/aromatic N) is 2. The van der Waals surface area contributed by atoms with Crippen molar-refractivity contribution in [1.29, 1.82) is 0 Å². The summed E-state index contributed by atoms with van der Waals surface area (Å²) < 4.78 is 11.1. The topological polar surface area (TPSA) is 68.7 Å². The average molecular weight is 475 g/mol. The van der Waals surface area contributed by atoms with Crippen LogP contribution in [0.25, 0.3) is 22.0 Å². The van der Waals surface area contributed by atoms with Crippen molar-refractivity contribution in [1.82, 2.24) is 9.88 Å². The Balaban J connectivity index is 1.46. The van der Waals surface area contributed by atoms with Crippen LogP contribution >= 0.6 is 0 Å². The zero-order chi connectivity index (χ0) is 24.8. The number of hydrogen-bond acceptors (Lipinski definition) is 5. The van der Waals surface area contributed by atoms with Crippen LogP contribution in [0.5, 0.6) is 5.75 Å². The molecule has 1 aliphatic heterocycles. The van der Waals surface area contributed by atoms with E-state index in [9.17, 15) is 9.59 Å². The molecule has 3 aromatic rings. The lowest BCUT2D eigenvalue weighted by molar-refractivity contribution is -0.147. The SMILES string of the molecule is CCOC(=O)C[C@H]1CCCN(C(=O)[C@@H](C)Oc2ccc3c(-c4ccccc4CC)ccnc3c2)C1. The number of carbonyl (C=O) groups excluding carboxylic acids is 2. The molecule has 1 aromatic heterocycles. The predicted molar refractivity (Wildman–Crippen MR) is 137 cm³/mol. The summed E-state index contributed by atoms with van der Waals surface area (Å²) in [7, 11) is 0. The van der Waals surface area contributed by atoms with Gasteiger partial charge in [0, 0.05) is 30.7 Å². The van der Waals surface area contributed by atoms with Crippen molar-refractivity contribution in [3.8, 4) is 16.9 Å². The van der Waals surface area contributed by atoms with Gasteiger partial charge in [0.05, 0.1) is 18.5 Å². The number of benzene rings is 2. The summed E-state index contributed by atoms with van der Waals surface area (Å²) in [5, 5.41) is 1.05. The lowest BCUT2D eigenvalue weighted by atomic mass is 9.94. The minimum absolute atomic E-state index is 0.0581. The van der Waals surface area contributed by atoms with Gasteiger partial charge in [-0.05, 0) is 73.9 Å². The van der Waals surface area contributed by atoms with Crippen LogP contribution in [0.2, 0.25) is 0 Å². The third-order valence-corrected chi connectivity index (χ3v) is 6.65. The van der Waals surface area contributed by atoms with E-state index in [0.717, 1.165) is 35.7 Å². The molecule has 0 N–H and O–H groups in total. The van der Waals surface area contributed by atoms with Crippen molar-refractivity contribution >= 4 is 22.8 Å². The van der Waals surface area contributed by atoms with Gasteiger partial charge in [0.25, 0.3) is 5.91 Å². The number of aromatic nitrogens is 1. The van der Waals surface area contributed by atoms with Gasteiger partial charge in [0.2, 0.25) is 0 Å². The van der Waals surface area contributed by atoms with E-state index in [-0.39, 0.29) is 17.8 Å². The van der Waals surface area contributed by atoms with E-state index < -0.39 is 6.10 Å². The highest BCUT2D eigenvalue weighted by Crippen LogP contribution is 2.32. The Bertz CT molecular complexity index is 1190. The first-order chi connectivity index (χ1) is 17.0. The number of amides is 1. The van der Waals surface area contributed by atoms with Crippen molar-refractivity contribution in [2.45, 2.75) is 52.6 Å². The molecular weight excluding hydrogens is 440 g/mol. The second kappa shape index (κ2) is 11.3. The number of fused-ring (bicyclic) bond motifs is 1. The summed E-state index contributed by atoms with van der Waals surface area (Å²) in [5.41, 5.74) is 4.48. The standard InChI is InChI=1S/C29H34N2O4/c1-4-22-10-6-7-11-24(22)25-14-15-30-27-18-23(12-13-26(25)27)35-20(3)29(33)31-16-8-9-21(19-31)17-28(32)34-5-2/h6-7,10-15,18,20-21H,4-5,8-9,16-17,19H2,1-3H3/t20-,21-/m1/s1. The predicted octanol–water partition coefficient (Wildman–Crippen LogP) is 5.42. The summed E-state index contributed by atoms with van der Waals surface area (Å²) in [4.78, 5) is 31.3. The van der Waals surface area contributed by atoms with Gasteiger partial charge in [0.15, 0.2) is 6.10 Å². The maximum Gasteiger partial charge on any atom is 0.306 e. The molecule has 0 spiro atoms. The van der Waals surface area contributed by atoms with Crippen molar-refractivity contribution in [2.24, 2.45) is 5.92 Å². The molecule has 184 valence electrons. The largest absolute Gasteiger partial charge is 0.481 e. The summed E-state index contributed by atoms with van der Waals surface area (Å²) in [6.07, 6.45) is 4.31. The molecule has 0 bridgehead atoms. The smallest absolute Gasteiger partial charge is 0.306 e. The van der Waals surface area contributed by atoms with Crippen molar-refractivity contribution in [3.63, 3.8) is 0 Å². The lowest BCUT2D eigenvalue weighted by Gasteiger charge is -2.34. The van der Waals surface area contributed by atoms with Crippen LogP contribution in [0.15, 0.2) is 54.7 Å². The first-order valence-corrected chi connectivity index (χ1v) is 12.6. The van der Waals surface area contributed by atoms with E-state index in [1.54, 1.807) is 13.8 Å². The van der Waals surface area contributed by atoms with Crippen LogP contribution in [-0.4, -0.2) is 47.6 Å². The molecule has 6 nitrogen and oxygen atoms in total. The van der Waals surface area contributed by atoms with E-state index in [2.05, 4.69) is 36.2 Å². The molecule has 1 saturated heterocycles. The molecule has 0 unspecified atom stereocenters. The Morgan fingerprint density at radius 3 is 2.74 bits per heavy atom. The first-order valence-electron chi connectivity index (χ1n) is 12.6. The fourth-order valence-electron chi connectivity index (χ4n) is 4.93. The van der Waals surface area contributed by atoms with Gasteiger partial charge in [-0.15, -0.1) is 0 Å². The summed E-state index contributed by atoms with van der Waals surface area (Å²) in [6.45, 7) is 7.38. The monoisotopic (exact) mass is 474 g/mol. The number of piperidine rings is 1. The number of pyridine rings is 1. The maximum atomic E-state index is 13.1. The summed E-state index contributed by atoms with van der Waals surface area (Å²) >= 11 is 0. The molecule has 0 aliphatic carbocycles. The second-order valence-corrected chi connectivity index (χ2v) is 9.11. The molecule has 35 heavy (non-hydrogen) atoms. The number of carbonyl (C=O) groups is 2. The van der Waals surface area contributed by atoms with Gasteiger partial charge < -0.3 is 14.4 Å². The van der Waals surface area contributed by atoms with Gasteiger partial charge >= 0.3 is 5.97 Å². The van der Waals surface area contributed by atoms with Gasteiger partial charge in [0.1, 0.15) is 5.75 Å². The van der Waals surface area contributed by atoms with Crippen molar-refractivity contribution in [2.75, 3.05) is 19.7 Å². The van der Waals surface area contributed by atoms with Crippen molar-refractivity contribution < 1.29 is 19.1 Å². The Morgan fingerprint density at radius 1 is 1.11 bits per heavy atom. The number of esters is 1. The van der Waals surface area contributed by atoms with Gasteiger partial charge in [-0.1, -0.05) is 31.2 Å². The highest BCUT2D eigenvalue weighted by atomic mass is 16.5. The molecule has 1 amide bonds. The van der Waals surface area contributed by atoms with Crippen molar-refractivity contribution in [3.05, 3.63) is 60.3 Å². The second-order valence-electron chi connectivity index (χ2n) is 9.11. The third kappa shape index (κ3) is 5.81. The van der Waals surface area contributed by atoms with E-state index >= 15 is 0 Å². The van der Waals surface area contributed by atoms with Crippen LogP contribution in [0.1, 0.15) is 45.6 Å². The Morgan fingerprint density at radius 2 is 1.94 bits per heavy atom. The van der Waals surface area contributed by atoms with Gasteiger partial charge in [-0.25, -0.2) is 0 Å². The number of rotatable bonds is 8. The van der Waals surface area contributed by atoms with Gasteiger partial charge in [-0.2, -0.15) is 0 Å². The Kier molecular flexibility index (Phi) is 8.01. The summed E-state index contributed by atoms with van der Waals surface area (Å²) in [6, 6.07) is 16.3. The van der Waals surface area contributed by atoms with Crippen LogP contribution in [-0.2, 0) is 20.7 Å². The zero-order valence-corrected chi connectivity index (χ0v) is 20.8. The fourth-order valence-corrected chi connectivity index (χ4v) is 4.93. The number of aryl methyl sites for hydroxylation is 1. The number of ether oxygens (including phenoxy) is 2. The molecule has 0 saturated carbocycles. The first kappa shape index (κ1) is 24.7. The molecule has 4 rings (SSSR count). The van der Waals surface area contributed by atoms with Crippen LogP contribution in [0.4, 0.5) is 0 Å². The molecule has 2 aromatic carbocycles. The normalized spacial score (nSPS) is 16.7. The third-order valence-electron chi connectivity index (χ3n) is 6.65. The highest BCUT2D eigenvalue weighted by molar-refractivity contribution is 5.95.